The van der Waals surface area contributed by atoms with Crippen molar-refractivity contribution in [1.82, 2.24) is 10.2 Å². The van der Waals surface area contributed by atoms with Gasteiger partial charge in [-0.05, 0) is 17.7 Å². The molecule has 0 unspecified atom stereocenters. The Hall–Kier alpha value is -1.63. The molecular formula is C15H22N2O4. The molecule has 6 nitrogen and oxygen atoms in total. The zero-order valence-corrected chi connectivity index (χ0v) is 12.5. The predicted octanol–water partition coefficient (Wildman–Crippen LogP) is 0.559. The van der Waals surface area contributed by atoms with Gasteiger partial charge >= 0.3 is 5.97 Å². The SMILES string of the molecule is COc1cc([C@H](CO)N2CCNCC2)ccc1OC(C)=O. The van der Waals surface area contributed by atoms with Crippen LogP contribution in [0.1, 0.15) is 18.5 Å². The van der Waals surface area contributed by atoms with Gasteiger partial charge in [0.25, 0.3) is 0 Å². The van der Waals surface area contributed by atoms with E-state index in [-0.39, 0.29) is 18.6 Å². The molecule has 1 aliphatic rings. The number of aliphatic hydroxyl groups excluding tert-OH is 1. The molecule has 1 aromatic carbocycles. The van der Waals surface area contributed by atoms with E-state index in [9.17, 15) is 9.90 Å². The minimum Gasteiger partial charge on any atom is -0.493 e. The van der Waals surface area contributed by atoms with Crippen LogP contribution in [0.3, 0.4) is 0 Å². The molecule has 2 rings (SSSR count). The molecule has 0 radical (unpaired) electrons. The van der Waals surface area contributed by atoms with Crippen molar-refractivity contribution >= 4 is 5.97 Å². The summed E-state index contributed by atoms with van der Waals surface area (Å²) in [5.41, 5.74) is 0.951. The zero-order valence-electron chi connectivity index (χ0n) is 12.5. The van der Waals surface area contributed by atoms with E-state index in [1.165, 1.54) is 14.0 Å². The van der Waals surface area contributed by atoms with Crippen LogP contribution in [-0.4, -0.2) is 55.9 Å². The van der Waals surface area contributed by atoms with Crippen LogP contribution in [0.4, 0.5) is 0 Å². The molecule has 0 saturated carbocycles. The van der Waals surface area contributed by atoms with Gasteiger partial charge in [0.2, 0.25) is 0 Å². The largest absolute Gasteiger partial charge is 0.493 e. The highest BCUT2D eigenvalue weighted by molar-refractivity contribution is 5.70. The van der Waals surface area contributed by atoms with Crippen molar-refractivity contribution in [1.29, 1.82) is 0 Å². The average Bonchev–Trinajstić information content (AvgIpc) is 2.50. The molecule has 116 valence electrons. The molecule has 1 fully saturated rings. The van der Waals surface area contributed by atoms with Gasteiger partial charge in [-0.1, -0.05) is 6.07 Å². The summed E-state index contributed by atoms with van der Waals surface area (Å²) in [6.45, 7) is 5.00. The van der Waals surface area contributed by atoms with Crippen molar-refractivity contribution in [3.8, 4) is 11.5 Å². The maximum Gasteiger partial charge on any atom is 0.308 e. The lowest BCUT2D eigenvalue weighted by Gasteiger charge is -2.34. The molecule has 1 heterocycles. The summed E-state index contributed by atoms with van der Waals surface area (Å²) in [6, 6.07) is 5.32. The summed E-state index contributed by atoms with van der Waals surface area (Å²) in [5.74, 6) is 0.504. The van der Waals surface area contributed by atoms with Crippen molar-refractivity contribution in [3.05, 3.63) is 23.8 Å². The number of methoxy groups -OCH3 is 1. The Labute approximate surface area is 124 Å². The van der Waals surface area contributed by atoms with E-state index in [1.807, 2.05) is 12.1 Å². The summed E-state index contributed by atoms with van der Waals surface area (Å²) in [7, 11) is 1.53. The molecule has 0 aliphatic carbocycles. The van der Waals surface area contributed by atoms with Crippen molar-refractivity contribution < 1.29 is 19.4 Å². The number of piperazine rings is 1. The molecule has 1 saturated heterocycles. The molecule has 0 bridgehead atoms. The highest BCUT2D eigenvalue weighted by Crippen LogP contribution is 2.32. The first kappa shape index (κ1) is 15.8. The summed E-state index contributed by atoms with van der Waals surface area (Å²) in [5, 5.41) is 13.0. The van der Waals surface area contributed by atoms with E-state index in [1.54, 1.807) is 6.07 Å². The van der Waals surface area contributed by atoms with Gasteiger partial charge in [-0.2, -0.15) is 0 Å². The fourth-order valence-corrected chi connectivity index (χ4v) is 2.56. The van der Waals surface area contributed by atoms with E-state index >= 15 is 0 Å². The Bertz CT molecular complexity index is 487. The Balaban J connectivity index is 2.22. The number of nitrogens with one attached hydrogen (secondary N) is 1. The van der Waals surface area contributed by atoms with E-state index in [0.29, 0.717) is 11.5 Å². The predicted molar refractivity (Wildman–Crippen MR) is 78.6 cm³/mol. The Kier molecular flexibility index (Phi) is 5.55. The lowest BCUT2D eigenvalue weighted by atomic mass is 10.0. The van der Waals surface area contributed by atoms with E-state index in [4.69, 9.17) is 9.47 Å². The van der Waals surface area contributed by atoms with Crippen molar-refractivity contribution in [2.75, 3.05) is 39.9 Å². The number of carbonyl (C=O) groups excluding carboxylic acids is 1. The molecule has 1 aromatic rings. The second-order valence-electron chi connectivity index (χ2n) is 4.99. The van der Waals surface area contributed by atoms with Crippen LogP contribution >= 0.6 is 0 Å². The van der Waals surface area contributed by atoms with Gasteiger partial charge in [-0.3, -0.25) is 9.69 Å². The van der Waals surface area contributed by atoms with Crippen LogP contribution in [0.2, 0.25) is 0 Å². The zero-order chi connectivity index (χ0) is 15.2. The summed E-state index contributed by atoms with van der Waals surface area (Å²) < 4.78 is 10.4. The third-order valence-corrected chi connectivity index (χ3v) is 3.59. The minimum atomic E-state index is -0.387. The number of nitrogens with zero attached hydrogens (tertiary/aromatic N) is 1. The summed E-state index contributed by atoms with van der Waals surface area (Å²) in [6.07, 6.45) is 0. The van der Waals surface area contributed by atoms with Gasteiger partial charge in [-0.25, -0.2) is 0 Å². The van der Waals surface area contributed by atoms with Crippen molar-refractivity contribution in [2.24, 2.45) is 0 Å². The third kappa shape index (κ3) is 3.93. The second kappa shape index (κ2) is 7.40. The van der Waals surface area contributed by atoms with Crippen LogP contribution in [0.5, 0.6) is 11.5 Å². The fraction of sp³-hybridized carbons (Fsp3) is 0.533. The smallest absolute Gasteiger partial charge is 0.308 e. The number of carbonyl (C=O) groups is 1. The Morgan fingerprint density at radius 1 is 1.38 bits per heavy atom. The Morgan fingerprint density at radius 2 is 2.10 bits per heavy atom. The molecule has 1 atom stereocenters. The second-order valence-corrected chi connectivity index (χ2v) is 4.99. The fourth-order valence-electron chi connectivity index (χ4n) is 2.56. The Morgan fingerprint density at radius 3 is 2.67 bits per heavy atom. The number of benzene rings is 1. The molecule has 6 heteroatoms. The molecular weight excluding hydrogens is 272 g/mol. The highest BCUT2D eigenvalue weighted by atomic mass is 16.6. The number of hydrogen-bond acceptors (Lipinski definition) is 6. The van der Waals surface area contributed by atoms with Gasteiger partial charge < -0.3 is 19.9 Å². The molecule has 0 amide bonds. The van der Waals surface area contributed by atoms with Gasteiger partial charge in [0.15, 0.2) is 11.5 Å². The lowest BCUT2D eigenvalue weighted by molar-refractivity contribution is -0.132. The van der Waals surface area contributed by atoms with Crippen LogP contribution in [0.15, 0.2) is 18.2 Å². The lowest BCUT2D eigenvalue weighted by Crippen LogP contribution is -2.46. The van der Waals surface area contributed by atoms with Crippen LogP contribution in [0, 0.1) is 0 Å². The van der Waals surface area contributed by atoms with Gasteiger partial charge in [0, 0.05) is 33.1 Å². The van der Waals surface area contributed by atoms with Crippen LogP contribution in [-0.2, 0) is 4.79 Å². The van der Waals surface area contributed by atoms with Gasteiger partial charge in [0.05, 0.1) is 19.8 Å². The van der Waals surface area contributed by atoms with Crippen molar-refractivity contribution in [3.63, 3.8) is 0 Å². The van der Waals surface area contributed by atoms with Crippen LogP contribution < -0.4 is 14.8 Å². The van der Waals surface area contributed by atoms with E-state index < -0.39 is 0 Å². The standard InChI is InChI=1S/C15H22N2O4/c1-11(19)21-14-4-3-12(9-15(14)20-2)13(10-18)17-7-5-16-6-8-17/h3-4,9,13,16,18H,5-8,10H2,1-2H3/t13-/m0/s1. The first-order valence-corrected chi connectivity index (χ1v) is 7.07. The van der Waals surface area contributed by atoms with Gasteiger partial charge in [-0.15, -0.1) is 0 Å². The maximum atomic E-state index is 11.1. The van der Waals surface area contributed by atoms with Crippen LogP contribution in [0.25, 0.3) is 0 Å². The quantitative estimate of drug-likeness (QED) is 0.611. The number of hydrogen-bond donors (Lipinski definition) is 2. The number of aliphatic hydroxyl groups is 1. The summed E-state index contributed by atoms with van der Waals surface area (Å²) in [4.78, 5) is 13.3. The molecule has 21 heavy (non-hydrogen) atoms. The first-order valence-electron chi connectivity index (χ1n) is 7.07. The molecule has 2 N–H and O–H groups in total. The molecule has 1 aliphatic heterocycles. The molecule has 0 aromatic heterocycles. The van der Waals surface area contributed by atoms with E-state index in [2.05, 4.69) is 10.2 Å². The maximum absolute atomic E-state index is 11.1. The van der Waals surface area contributed by atoms with Crippen molar-refractivity contribution in [2.45, 2.75) is 13.0 Å². The van der Waals surface area contributed by atoms with Gasteiger partial charge in [0.1, 0.15) is 0 Å². The third-order valence-electron chi connectivity index (χ3n) is 3.59. The molecule has 0 spiro atoms. The summed E-state index contributed by atoms with van der Waals surface area (Å²) >= 11 is 0. The topological polar surface area (TPSA) is 71.0 Å². The average molecular weight is 294 g/mol. The minimum absolute atomic E-state index is 0.0378. The number of esters is 1. The normalized spacial score (nSPS) is 17.3. The van der Waals surface area contributed by atoms with E-state index in [0.717, 1.165) is 31.7 Å². The first-order chi connectivity index (χ1) is 10.2. The monoisotopic (exact) mass is 294 g/mol. The highest BCUT2D eigenvalue weighted by Gasteiger charge is 2.22. The number of rotatable bonds is 5. The number of ether oxygens (including phenoxy) is 2.